The number of aliphatic hydroxyl groups excluding tert-OH is 1. The summed E-state index contributed by atoms with van der Waals surface area (Å²) in [5.74, 6) is 0.149. The first-order valence-electron chi connectivity index (χ1n) is 5.24. The number of hydrogen-bond acceptors (Lipinski definition) is 3. The van der Waals surface area contributed by atoms with Crippen molar-refractivity contribution in [2.45, 2.75) is 31.3 Å². The van der Waals surface area contributed by atoms with Crippen LogP contribution in [-0.2, 0) is 4.79 Å². The second-order valence-electron chi connectivity index (χ2n) is 4.60. The quantitative estimate of drug-likeness (QED) is 0.658. The molecule has 1 aliphatic carbocycles. The van der Waals surface area contributed by atoms with E-state index in [1.54, 1.807) is 4.90 Å². The molecule has 1 saturated heterocycles. The second kappa shape index (κ2) is 3.51. The van der Waals surface area contributed by atoms with Crippen molar-refractivity contribution >= 4 is 5.91 Å². The van der Waals surface area contributed by atoms with Crippen molar-refractivity contribution in [2.24, 2.45) is 5.92 Å². The third-order valence-corrected chi connectivity index (χ3v) is 3.32. The van der Waals surface area contributed by atoms with E-state index in [4.69, 9.17) is 5.11 Å². The molecule has 14 heavy (non-hydrogen) atoms. The number of carbonyl (C=O) groups excluding carboxylic acids is 1. The number of nitrogens with zero attached hydrogens (tertiary/aromatic N) is 1. The normalized spacial score (nSPS) is 30.6. The van der Waals surface area contributed by atoms with E-state index >= 15 is 0 Å². The lowest BCUT2D eigenvalue weighted by Crippen LogP contribution is -2.48. The summed E-state index contributed by atoms with van der Waals surface area (Å²) in [6.45, 7) is 1.14. The number of β-amino-alcohol motifs (C(OH)–C–C–N with tert-alkyl or cyclic N) is 1. The Kier molecular flexibility index (Phi) is 2.49. The molecule has 2 fully saturated rings. The summed E-state index contributed by atoms with van der Waals surface area (Å²) in [6.07, 6.45) is 3.11. The molecule has 0 radical (unpaired) electrons. The van der Waals surface area contributed by atoms with Crippen LogP contribution in [0.15, 0.2) is 0 Å². The molecule has 4 heteroatoms. The summed E-state index contributed by atoms with van der Waals surface area (Å²) in [5, 5.41) is 18.8. The van der Waals surface area contributed by atoms with E-state index in [0.29, 0.717) is 19.5 Å². The Bertz CT molecular complexity index is 238. The van der Waals surface area contributed by atoms with Gasteiger partial charge in [0.25, 0.3) is 0 Å². The van der Waals surface area contributed by atoms with Gasteiger partial charge in [-0.3, -0.25) is 4.79 Å². The largest absolute Gasteiger partial charge is 0.396 e. The van der Waals surface area contributed by atoms with Crippen molar-refractivity contribution in [2.75, 3.05) is 19.7 Å². The topological polar surface area (TPSA) is 60.8 Å². The van der Waals surface area contributed by atoms with Crippen molar-refractivity contribution in [3.8, 4) is 0 Å². The highest BCUT2D eigenvalue weighted by atomic mass is 16.3. The van der Waals surface area contributed by atoms with Gasteiger partial charge in [0.15, 0.2) is 0 Å². The number of aliphatic hydroxyl groups is 2. The molecule has 0 aromatic rings. The molecule has 1 amide bonds. The molecule has 0 aromatic carbocycles. The molecule has 2 rings (SSSR count). The smallest absolute Gasteiger partial charge is 0.223 e. The van der Waals surface area contributed by atoms with Crippen LogP contribution in [0.5, 0.6) is 0 Å². The Hall–Kier alpha value is -0.610. The van der Waals surface area contributed by atoms with Crippen molar-refractivity contribution in [3.63, 3.8) is 0 Å². The lowest BCUT2D eigenvalue weighted by molar-refractivity contribution is -0.133. The highest BCUT2D eigenvalue weighted by molar-refractivity contribution is 5.78. The fraction of sp³-hybridized carbons (Fsp3) is 0.900. The van der Waals surface area contributed by atoms with E-state index in [9.17, 15) is 9.90 Å². The van der Waals surface area contributed by atoms with E-state index < -0.39 is 5.60 Å². The monoisotopic (exact) mass is 199 g/mol. The fourth-order valence-corrected chi connectivity index (χ4v) is 2.23. The van der Waals surface area contributed by atoms with Gasteiger partial charge in [0.05, 0.1) is 5.60 Å². The standard InChI is InChI=1S/C10H17NO3/c12-6-8-4-9(13)11(5-8)7-10(14)2-1-3-10/h8,12,14H,1-7H2. The lowest BCUT2D eigenvalue weighted by atomic mass is 9.80. The Morgan fingerprint density at radius 1 is 1.50 bits per heavy atom. The molecule has 2 aliphatic rings. The molecule has 2 N–H and O–H groups in total. The van der Waals surface area contributed by atoms with Gasteiger partial charge in [-0.1, -0.05) is 0 Å². The first-order valence-corrected chi connectivity index (χ1v) is 5.24. The first kappa shape index (κ1) is 9.93. The van der Waals surface area contributed by atoms with Crippen LogP contribution < -0.4 is 0 Å². The van der Waals surface area contributed by atoms with Crippen LogP contribution >= 0.6 is 0 Å². The number of hydrogen-bond donors (Lipinski definition) is 2. The third kappa shape index (κ3) is 1.77. The summed E-state index contributed by atoms with van der Waals surface area (Å²) in [5.41, 5.74) is -0.625. The van der Waals surface area contributed by atoms with E-state index in [0.717, 1.165) is 19.3 Å². The Labute approximate surface area is 83.5 Å². The molecule has 0 spiro atoms. The Balaban J connectivity index is 1.89. The number of carbonyl (C=O) groups is 1. The van der Waals surface area contributed by atoms with Gasteiger partial charge in [-0.05, 0) is 19.3 Å². The maximum Gasteiger partial charge on any atom is 0.223 e. The lowest BCUT2D eigenvalue weighted by Gasteiger charge is -2.39. The molecule has 1 aliphatic heterocycles. The van der Waals surface area contributed by atoms with Gasteiger partial charge < -0.3 is 15.1 Å². The van der Waals surface area contributed by atoms with Gasteiger partial charge in [0, 0.05) is 32.0 Å². The molecule has 80 valence electrons. The van der Waals surface area contributed by atoms with Crippen molar-refractivity contribution in [1.82, 2.24) is 4.90 Å². The molecule has 4 nitrogen and oxygen atoms in total. The van der Waals surface area contributed by atoms with Gasteiger partial charge in [-0.2, -0.15) is 0 Å². The van der Waals surface area contributed by atoms with E-state index in [2.05, 4.69) is 0 Å². The molecular weight excluding hydrogens is 182 g/mol. The minimum atomic E-state index is -0.625. The van der Waals surface area contributed by atoms with Crippen molar-refractivity contribution in [1.29, 1.82) is 0 Å². The third-order valence-electron chi connectivity index (χ3n) is 3.32. The van der Waals surface area contributed by atoms with E-state index in [1.165, 1.54) is 0 Å². The Morgan fingerprint density at radius 2 is 2.21 bits per heavy atom. The molecule has 0 aromatic heterocycles. The molecule has 1 heterocycles. The number of amides is 1. The van der Waals surface area contributed by atoms with Crippen molar-refractivity contribution in [3.05, 3.63) is 0 Å². The highest BCUT2D eigenvalue weighted by Gasteiger charge is 2.40. The summed E-state index contributed by atoms with van der Waals surface area (Å²) in [6, 6.07) is 0. The molecular formula is C10H17NO3. The molecule has 1 saturated carbocycles. The predicted molar refractivity (Wildman–Crippen MR) is 50.6 cm³/mol. The van der Waals surface area contributed by atoms with Crippen LogP contribution in [0.4, 0.5) is 0 Å². The van der Waals surface area contributed by atoms with Gasteiger partial charge >= 0.3 is 0 Å². The number of rotatable bonds is 3. The van der Waals surface area contributed by atoms with Gasteiger partial charge in [-0.15, -0.1) is 0 Å². The van der Waals surface area contributed by atoms with Crippen LogP contribution in [0.25, 0.3) is 0 Å². The predicted octanol–water partition coefficient (Wildman–Crippen LogP) is -0.258. The Morgan fingerprint density at radius 3 is 2.64 bits per heavy atom. The number of likely N-dealkylation sites (tertiary alicyclic amines) is 1. The average molecular weight is 199 g/mol. The van der Waals surface area contributed by atoms with Gasteiger partial charge in [0.1, 0.15) is 0 Å². The summed E-state index contributed by atoms with van der Waals surface area (Å²) in [4.78, 5) is 13.2. The summed E-state index contributed by atoms with van der Waals surface area (Å²) in [7, 11) is 0. The van der Waals surface area contributed by atoms with Crippen LogP contribution in [0.1, 0.15) is 25.7 Å². The second-order valence-corrected chi connectivity index (χ2v) is 4.60. The maximum absolute atomic E-state index is 11.5. The summed E-state index contributed by atoms with van der Waals surface area (Å²) >= 11 is 0. The van der Waals surface area contributed by atoms with Crippen LogP contribution in [0.3, 0.4) is 0 Å². The minimum Gasteiger partial charge on any atom is -0.396 e. The zero-order valence-corrected chi connectivity index (χ0v) is 8.28. The highest BCUT2D eigenvalue weighted by Crippen LogP contribution is 2.33. The van der Waals surface area contributed by atoms with Gasteiger partial charge in [-0.25, -0.2) is 0 Å². The van der Waals surface area contributed by atoms with E-state index in [1.807, 2.05) is 0 Å². The SMILES string of the molecule is O=C1CC(CO)CN1CC1(O)CCC1. The fourth-order valence-electron chi connectivity index (χ4n) is 2.23. The molecule has 0 bridgehead atoms. The molecule has 1 unspecified atom stereocenters. The first-order chi connectivity index (χ1) is 6.63. The van der Waals surface area contributed by atoms with Crippen LogP contribution in [0.2, 0.25) is 0 Å². The zero-order chi connectivity index (χ0) is 10.2. The average Bonchev–Trinajstić information content (AvgIpc) is 2.45. The van der Waals surface area contributed by atoms with E-state index in [-0.39, 0.29) is 18.4 Å². The summed E-state index contributed by atoms with van der Waals surface area (Å²) < 4.78 is 0. The maximum atomic E-state index is 11.5. The molecule has 1 atom stereocenters. The van der Waals surface area contributed by atoms with Gasteiger partial charge in [0.2, 0.25) is 5.91 Å². The van der Waals surface area contributed by atoms with Crippen LogP contribution in [0, 0.1) is 5.92 Å². The zero-order valence-electron chi connectivity index (χ0n) is 8.28. The van der Waals surface area contributed by atoms with Crippen LogP contribution in [-0.4, -0.2) is 46.3 Å². The minimum absolute atomic E-state index is 0.0701. The van der Waals surface area contributed by atoms with Crippen molar-refractivity contribution < 1.29 is 15.0 Å².